The summed E-state index contributed by atoms with van der Waals surface area (Å²) in [5.74, 6) is 0.860. The number of hydrogen-bond acceptors (Lipinski definition) is 2. The van der Waals surface area contributed by atoms with E-state index in [1.165, 1.54) is 44.1 Å². The van der Waals surface area contributed by atoms with Crippen molar-refractivity contribution in [2.24, 2.45) is 13.0 Å². The molecule has 3 nitrogen and oxygen atoms in total. The first-order valence-corrected chi connectivity index (χ1v) is 6.44. The largest absolute Gasteiger partial charge is 0.317 e. The van der Waals surface area contributed by atoms with E-state index in [1.54, 1.807) is 0 Å². The Morgan fingerprint density at radius 2 is 2.25 bits per heavy atom. The van der Waals surface area contributed by atoms with E-state index in [-0.39, 0.29) is 0 Å². The molecular formula is C13H23N3. The quantitative estimate of drug-likeness (QED) is 0.844. The Hall–Kier alpha value is -0.830. The number of hydrogen-bond donors (Lipinski definition) is 1. The van der Waals surface area contributed by atoms with Gasteiger partial charge in [-0.3, -0.25) is 4.68 Å². The monoisotopic (exact) mass is 221 g/mol. The average molecular weight is 221 g/mol. The van der Waals surface area contributed by atoms with Crippen molar-refractivity contribution in [3.63, 3.8) is 0 Å². The van der Waals surface area contributed by atoms with Gasteiger partial charge in [0.15, 0.2) is 0 Å². The SMILES string of the molecule is CNC1CCCCC1CCc1cnn(C)c1. The van der Waals surface area contributed by atoms with Crippen molar-refractivity contribution < 1.29 is 0 Å². The van der Waals surface area contributed by atoms with Crippen LogP contribution in [0.1, 0.15) is 37.7 Å². The van der Waals surface area contributed by atoms with Crippen molar-refractivity contribution >= 4 is 0 Å². The van der Waals surface area contributed by atoms with Gasteiger partial charge < -0.3 is 5.32 Å². The van der Waals surface area contributed by atoms with Gasteiger partial charge in [0.1, 0.15) is 0 Å². The first-order valence-electron chi connectivity index (χ1n) is 6.44. The van der Waals surface area contributed by atoms with Crippen LogP contribution in [0.5, 0.6) is 0 Å². The first kappa shape index (κ1) is 11.6. The lowest BCUT2D eigenvalue weighted by molar-refractivity contribution is 0.260. The maximum atomic E-state index is 4.22. The summed E-state index contributed by atoms with van der Waals surface area (Å²) in [5, 5.41) is 7.70. The molecule has 0 radical (unpaired) electrons. The number of nitrogens with one attached hydrogen (secondary N) is 1. The summed E-state index contributed by atoms with van der Waals surface area (Å²) in [5.41, 5.74) is 1.38. The van der Waals surface area contributed by atoms with E-state index in [0.717, 1.165) is 12.0 Å². The molecule has 1 aliphatic carbocycles. The predicted molar refractivity (Wildman–Crippen MR) is 66.3 cm³/mol. The molecule has 1 saturated carbocycles. The third-order valence-electron chi connectivity index (χ3n) is 3.84. The van der Waals surface area contributed by atoms with Gasteiger partial charge in [0.05, 0.1) is 6.20 Å². The molecule has 1 aromatic rings. The fourth-order valence-corrected chi connectivity index (χ4v) is 2.89. The molecule has 0 bridgehead atoms. The average Bonchev–Trinajstić information content (AvgIpc) is 2.73. The van der Waals surface area contributed by atoms with E-state index in [4.69, 9.17) is 0 Å². The van der Waals surface area contributed by atoms with Crippen LogP contribution in [0.4, 0.5) is 0 Å². The number of aryl methyl sites for hydroxylation is 2. The molecule has 1 aliphatic rings. The molecule has 2 unspecified atom stereocenters. The van der Waals surface area contributed by atoms with Crippen LogP contribution < -0.4 is 5.32 Å². The van der Waals surface area contributed by atoms with E-state index in [2.05, 4.69) is 23.7 Å². The zero-order chi connectivity index (χ0) is 11.4. The summed E-state index contributed by atoms with van der Waals surface area (Å²) in [7, 11) is 4.09. The van der Waals surface area contributed by atoms with Crippen molar-refractivity contribution in [2.45, 2.75) is 44.6 Å². The summed E-state index contributed by atoms with van der Waals surface area (Å²) in [6.07, 6.45) is 12.2. The van der Waals surface area contributed by atoms with Crippen LogP contribution in [0, 0.1) is 5.92 Å². The lowest BCUT2D eigenvalue weighted by atomic mass is 9.81. The highest BCUT2D eigenvalue weighted by atomic mass is 15.2. The Labute approximate surface area is 98.2 Å². The summed E-state index contributed by atoms with van der Waals surface area (Å²) >= 11 is 0. The normalized spacial score (nSPS) is 25.9. The smallest absolute Gasteiger partial charge is 0.0521 e. The van der Waals surface area contributed by atoms with Crippen LogP contribution in [0.2, 0.25) is 0 Å². The third-order valence-corrected chi connectivity index (χ3v) is 3.84. The molecule has 0 aliphatic heterocycles. The van der Waals surface area contributed by atoms with E-state index >= 15 is 0 Å². The van der Waals surface area contributed by atoms with Crippen LogP contribution in [0.3, 0.4) is 0 Å². The molecule has 90 valence electrons. The van der Waals surface area contributed by atoms with Gasteiger partial charge in [-0.2, -0.15) is 5.10 Å². The summed E-state index contributed by atoms with van der Waals surface area (Å²) in [6, 6.07) is 0.741. The molecule has 1 N–H and O–H groups in total. The van der Waals surface area contributed by atoms with E-state index < -0.39 is 0 Å². The van der Waals surface area contributed by atoms with Crippen molar-refractivity contribution in [3.8, 4) is 0 Å². The molecule has 3 heteroatoms. The minimum Gasteiger partial charge on any atom is -0.317 e. The van der Waals surface area contributed by atoms with E-state index in [0.29, 0.717) is 0 Å². The number of rotatable bonds is 4. The lowest BCUT2D eigenvalue weighted by Gasteiger charge is -2.31. The van der Waals surface area contributed by atoms with Gasteiger partial charge in [0.2, 0.25) is 0 Å². The van der Waals surface area contributed by atoms with Crippen molar-refractivity contribution in [1.29, 1.82) is 0 Å². The highest BCUT2D eigenvalue weighted by Gasteiger charge is 2.23. The van der Waals surface area contributed by atoms with E-state index in [9.17, 15) is 0 Å². The standard InChI is InChI=1S/C13H23N3/c1-14-13-6-4-3-5-12(13)8-7-11-9-15-16(2)10-11/h9-10,12-14H,3-8H2,1-2H3. The molecule has 1 fully saturated rings. The molecule has 2 rings (SSSR count). The minimum absolute atomic E-state index is 0.741. The Bertz CT molecular complexity index is 319. The Balaban J connectivity index is 1.84. The second-order valence-corrected chi connectivity index (χ2v) is 5.00. The van der Waals surface area contributed by atoms with Crippen molar-refractivity contribution in [1.82, 2.24) is 15.1 Å². The van der Waals surface area contributed by atoms with Crippen LogP contribution in [-0.2, 0) is 13.5 Å². The fraction of sp³-hybridized carbons (Fsp3) is 0.769. The molecule has 1 aromatic heterocycles. The third kappa shape index (κ3) is 2.85. The summed E-state index contributed by atoms with van der Waals surface area (Å²) in [6.45, 7) is 0. The lowest BCUT2D eigenvalue weighted by Crippen LogP contribution is -2.36. The van der Waals surface area contributed by atoms with Gasteiger partial charge in [0, 0.05) is 19.3 Å². The summed E-state index contributed by atoms with van der Waals surface area (Å²) in [4.78, 5) is 0. The Morgan fingerprint density at radius 3 is 2.94 bits per heavy atom. The van der Waals surface area contributed by atoms with Crippen LogP contribution in [-0.4, -0.2) is 22.9 Å². The zero-order valence-electron chi connectivity index (χ0n) is 10.4. The molecule has 16 heavy (non-hydrogen) atoms. The Kier molecular flexibility index (Phi) is 3.99. The Morgan fingerprint density at radius 1 is 1.44 bits per heavy atom. The zero-order valence-corrected chi connectivity index (χ0v) is 10.4. The van der Waals surface area contributed by atoms with Gasteiger partial charge in [0.25, 0.3) is 0 Å². The van der Waals surface area contributed by atoms with Gasteiger partial charge >= 0.3 is 0 Å². The number of aromatic nitrogens is 2. The number of nitrogens with zero attached hydrogens (tertiary/aromatic N) is 2. The first-order chi connectivity index (χ1) is 7.79. The van der Waals surface area contributed by atoms with Gasteiger partial charge in [-0.25, -0.2) is 0 Å². The molecule has 0 spiro atoms. The highest BCUT2D eigenvalue weighted by molar-refractivity contribution is 5.04. The molecule has 0 amide bonds. The molecule has 0 saturated heterocycles. The van der Waals surface area contributed by atoms with Crippen LogP contribution in [0.25, 0.3) is 0 Å². The predicted octanol–water partition coefficient (Wildman–Crippen LogP) is 2.13. The minimum atomic E-state index is 0.741. The highest BCUT2D eigenvalue weighted by Crippen LogP contribution is 2.27. The molecule has 2 atom stereocenters. The maximum Gasteiger partial charge on any atom is 0.0521 e. The second-order valence-electron chi connectivity index (χ2n) is 5.00. The van der Waals surface area contributed by atoms with Gasteiger partial charge in [-0.15, -0.1) is 0 Å². The summed E-state index contributed by atoms with van der Waals surface area (Å²) < 4.78 is 1.89. The maximum absolute atomic E-state index is 4.22. The van der Waals surface area contributed by atoms with Crippen LogP contribution in [0.15, 0.2) is 12.4 Å². The fourth-order valence-electron chi connectivity index (χ4n) is 2.89. The van der Waals surface area contributed by atoms with Gasteiger partial charge in [-0.1, -0.05) is 12.8 Å². The van der Waals surface area contributed by atoms with Gasteiger partial charge in [-0.05, 0) is 44.2 Å². The molecular weight excluding hydrogens is 198 g/mol. The van der Waals surface area contributed by atoms with Crippen molar-refractivity contribution in [3.05, 3.63) is 18.0 Å². The van der Waals surface area contributed by atoms with Crippen molar-refractivity contribution in [2.75, 3.05) is 7.05 Å². The van der Waals surface area contributed by atoms with E-state index in [1.807, 2.05) is 17.9 Å². The topological polar surface area (TPSA) is 29.9 Å². The molecule has 1 heterocycles. The van der Waals surface area contributed by atoms with Crippen LogP contribution >= 0.6 is 0 Å². The molecule has 0 aromatic carbocycles. The second kappa shape index (κ2) is 5.48.